The number of ether oxygens (including phenoxy) is 1. The number of carbonyl (C=O) groups excluding carboxylic acids is 1. The number of hydrogen-bond donors (Lipinski definition) is 2. The second kappa shape index (κ2) is 7.54. The highest BCUT2D eigenvalue weighted by atomic mass is 19.1. The summed E-state index contributed by atoms with van der Waals surface area (Å²) in [7, 11) is 1.48. The fourth-order valence-electron chi connectivity index (χ4n) is 2.14. The summed E-state index contributed by atoms with van der Waals surface area (Å²) >= 11 is 0. The molecule has 5 nitrogen and oxygen atoms in total. The van der Waals surface area contributed by atoms with Gasteiger partial charge in [0.1, 0.15) is 23.4 Å². The Morgan fingerprint density at radius 2 is 1.96 bits per heavy atom. The average molecular weight is 335 g/mol. The Hall–Kier alpha value is -2.96. The number of hydrogen-bond acceptors (Lipinski definition) is 3. The zero-order valence-corrected chi connectivity index (χ0v) is 12.8. The van der Waals surface area contributed by atoms with Gasteiger partial charge in [-0.25, -0.2) is 13.6 Å². The molecular formula is C17H15F2NO4. The summed E-state index contributed by atoms with van der Waals surface area (Å²) in [6, 6.07) is 7.89. The first-order chi connectivity index (χ1) is 11.4. The summed E-state index contributed by atoms with van der Waals surface area (Å²) in [6.07, 6.45) is -0.0128. The number of carboxylic acid groups (broad SMARTS) is 1. The van der Waals surface area contributed by atoms with Gasteiger partial charge in [0.05, 0.1) is 12.7 Å². The smallest absolute Gasteiger partial charge is 0.326 e. The zero-order chi connectivity index (χ0) is 17.7. The Kier molecular flexibility index (Phi) is 5.47. The van der Waals surface area contributed by atoms with Crippen molar-refractivity contribution in [1.29, 1.82) is 0 Å². The van der Waals surface area contributed by atoms with Gasteiger partial charge in [-0.2, -0.15) is 0 Å². The van der Waals surface area contributed by atoms with Crippen LogP contribution in [0, 0.1) is 11.6 Å². The van der Waals surface area contributed by atoms with Crippen LogP contribution in [0.5, 0.6) is 5.75 Å². The van der Waals surface area contributed by atoms with E-state index in [1.807, 2.05) is 0 Å². The fraction of sp³-hybridized carbons (Fsp3) is 0.176. The van der Waals surface area contributed by atoms with E-state index in [9.17, 15) is 23.5 Å². The van der Waals surface area contributed by atoms with Gasteiger partial charge in [-0.1, -0.05) is 12.1 Å². The highest BCUT2D eigenvalue weighted by Crippen LogP contribution is 2.15. The van der Waals surface area contributed by atoms with Crippen LogP contribution in [-0.2, 0) is 11.2 Å². The third-order valence-electron chi connectivity index (χ3n) is 3.35. The maximum absolute atomic E-state index is 13.6. The van der Waals surface area contributed by atoms with E-state index in [0.29, 0.717) is 17.4 Å². The van der Waals surface area contributed by atoms with Crippen LogP contribution in [-0.4, -0.2) is 30.1 Å². The van der Waals surface area contributed by atoms with E-state index in [-0.39, 0.29) is 6.42 Å². The Bertz CT molecular complexity index is 764. The number of methoxy groups -OCH3 is 1. The van der Waals surface area contributed by atoms with Crippen molar-refractivity contribution in [2.45, 2.75) is 12.5 Å². The molecule has 0 aliphatic carbocycles. The van der Waals surface area contributed by atoms with Gasteiger partial charge < -0.3 is 15.2 Å². The molecule has 126 valence electrons. The summed E-state index contributed by atoms with van der Waals surface area (Å²) in [5, 5.41) is 11.5. The van der Waals surface area contributed by atoms with Crippen LogP contribution in [0.1, 0.15) is 15.9 Å². The minimum Gasteiger partial charge on any atom is -0.497 e. The molecule has 2 rings (SSSR count). The van der Waals surface area contributed by atoms with E-state index in [4.69, 9.17) is 4.74 Å². The molecule has 0 bridgehead atoms. The van der Waals surface area contributed by atoms with E-state index in [0.717, 1.165) is 12.1 Å². The Morgan fingerprint density at radius 1 is 1.21 bits per heavy atom. The van der Waals surface area contributed by atoms with Gasteiger partial charge in [0.15, 0.2) is 0 Å². The number of carboxylic acids is 1. The first-order valence-corrected chi connectivity index (χ1v) is 7.02. The van der Waals surface area contributed by atoms with Gasteiger partial charge in [0.25, 0.3) is 5.91 Å². The summed E-state index contributed by atoms with van der Waals surface area (Å²) < 4.78 is 31.6. The Balaban J connectivity index is 2.16. The first-order valence-electron chi connectivity index (χ1n) is 7.02. The number of benzene rings is 2. The van der Waals surface area contributed by atoms with Crippen molar-refractivity contribution >= 4 is 11.9 Å². The number of aliphatic carboxylic acids is 1. The maximum atomic E-state index is 13.6. The highest BCUT2D eigenvalue weighted by Gasteiger charge is 2.23. The van der Waals surface area contributed by atoms with Crippen LogP contribution >= 0.6 is 0 Å². The molecular weight excluding hydrogens is 320 g/mol. The van der Waals surface area contributed by atoms with Gasteiger partial charge in [0.2, 0.25) is 0 Å². The second-order valence-corrected chi connectivity index (χ2v) is 5.04. The molecule has 2 N–H and O–H groups in total. The lowest BCUT2D eigenvalue weighted by Gasteiger charge is -2.15. The molecule has 0 aromatic heterocycles. The van der Waals surface area contributed by atoms with Crippen molar-refractivity contribution in [1.82, 2.24) is 5.32 Å². The Morgan fingerprint density at radius 3 is 2.58 bits per heavy atom. The molecule has 2 aromatic carbocycles. The fourth-order valence-corrected chi connectivity index (χ4v) is 2.14. The third kappa shape index (κ3) is 4.28. The SMILES string of the molecule is COc1cccc(C[C@@H](NC(=O)c2ccc(F)cc2F)C(=O)O)c1. The molecule has 7 heteroatoms. The predicted octanol–water partition coefficient (Wildman–Crippen LogP) is 2.40. The van der Waals surface area contributed by atoms with Crippen LogP contribution in [0.3, 0.4) is 0 Å². The van der Waals surface area contributed by atoms with E-state index >= 15 is 0 Å². The first kappa shape index (κ1) is 17.4. The van der Waals surface area contributed by atoms with Gasteiger partial charge in [-0.15, -0.1) is 0 Å². The van der Waals surface area contributed by atoms with Gasteiger partial charge in [-0.05, 0) is 29.8 Å². The summed E-state index contributed by atoms with van der Waals surface area (Å²) in [6.45, 7) is 0. The van der Waals surface area contributed by atoms with Gasteiger partial charge in [-0.3, -0.25) is 4.79 Å². The molecule has 24 heavy (non-hydrogen) atoms. The van der Waals surface area contributed by atoms with Crippen molar-refractivity contribution in [2.75, 3.05) is 7.11 Å². The summed E-state index contributed by atoms with van der Waals surface area (Å²) in [5.41, 5.74) is 0.204. The minimum atomic E-state index is -1.27. The lowest BCUT2D eigenvalue weighted by atomic mass is 10.0. The van der Waals surface area contributed by atoms with Crippen molar-refractivity contribution in [3.8, 4) is 5.75 Å². The topological polar surface area (TPSA) is 75.6 Å². The van der Waals surface area contributed by atoms with Gasteiger partial charge >= 0.3 is 5.97 Å². The lowest BCUT2D eigenvalue weighted by molar-refractivity contribution is -0.139. The quantitative estimate of drug-likeness (QED) is 0.850. The summed E-state index contributed by atoms with van der Waals surface area (Å²) in [4.78, 5) is 23.4. The number of amides is 1. The van der Waals surface area contributed by atoms with Crippen LogP contribution in [0.25, 0.3) is 0 Å². The van der Waals surface area contributed by atoms with Crippen molar-refractivity contribution in [3.63, 3.8) is 0 Å². The molecule has 1 atom stereocenters. The van der Waals surface area contributed by atoms with Crippen LogP contribution in [0.4, 0.5) is 8.78 Å². The molecule has 1 amide bonds. The molecule has 0 spiro atoms. The molecule has 0 aliphatic rings. The largest absolute Gasteiger partial charge is 0.497 e. The molecule has 0 saturated heterocycles. The second-order valence-electron chi connectivity index (χ2n) is 5.04. The van der Waals surface area contributed by atoms with Crippen molar-refractivity contribution < 1.29 is 28.2 Å². The van der Waals surface area contributed by atoms with E-state index < -0.39 is 35.1 Å². The lowest BCUT2D eigenvalue weighted by Crippen LogP contribution is -2.42. The summed E-state index contributed by atoms with van der Waals surface area (Å²) in [5.74, 6) is -3.53. The van der Waals surface area contributed by atoms with Crippen LogP contribution in [0.2, 0.25) is 0 Å². The molecule has 0 fully saturated rings. The normalized spacial score (nSPS) is 11.6. The predicted molar refractivity (Wildman–Crippen MR) is 81.9 cm³/mol. The van der Waals surface area contributed by atoms with Crippen molar-refractivity contribution in [3.05, 3.63) is 65.2 Å². The number of halogens is 2. The zero-order valence-electron chi connectivity index (χ0n) is 12.8. The number of carbonyl (C=O) groups is 2. The molecule has 0 radical (unpaired) electrons. The van der Waals surface area contributed by atoms with E-state index in [1.54, 1.807) is 24.3 Å². The van der Waals surface area contributed by atoms with Crippen LogP contribution in [0.15, 0.2) is 42.5 Å². The highest BCUT2D eigenvalue weighted by molar-refractivity contribution is 5.96. The minimum absolute atomic E-state index is 0.0128. The van der Waals surface area contributed by atoms with E-state index in [1.165, 1.54) is 7.11 Å². The standard InChI is InChI=1S/C17H15F2NO4/c1-24-12-4-2-3-10(7-12)8-15(17(22)23)20-16(21)13-6-5-11(18)9-14(13)19/h2-7,9,15H,8H2,1H3,(H,20,21)(H,22,23)/t15-/m1/s1. The van der Waals surface area contributed by atoms with Crippen LogP contribution < -0.4 is 10.1 Å². The van der Waals surface area contributed by atoms with Gasteiger partial charge in [0, 0.05) is 12.5 Å². The Labute approximate surface area is 136 Å². The molecule has 0 heterocycles. The van der Waals surface area contributed by atoms with Crippen molar-refractivity contribution in [2.24, 2.45) is 0 Å². The van der Waals surface area contributed by atoms with E-state index in [2.05, 4.69) is 5.32 Å². The third-order valence-corrected chi connectivity index (χ3v) is 3.35. The monoisotopic (exact) mass is 335 g/mol. The molecule has 0 unspecified atom stereocenters. The molecule has 0 saturated carbocycles. The molecule has 0 aliphatic heterocycles. The number of rotatable bonds is 6. The average Bonchev–Trinajstić information content (AvgIpc) is 2.54. The molecule has 2 aromatic rings. The maximum Gasteiger partial charge on any atom is 0.326 e. The number of nitrogens with one attached hydrogen (secondary N) is 1.